The molecule has 90 valence electrons. The average molecular weight is 258 g/mol. The van der Waals surface area contributed by atoms with Crippen LogP contribution in [0.3, 0.4) is 0 Å². The van der Waals surface area contributed by atoms with Gasteiger partial charge >= 0.3 is 0 Å². The van der Waals surface area contributed by atoms with E-state index in [1.165, 1.54) is 0 Å². The molecule has 0 amide bonds. The second-order valence-electron chi connectivity index (χ2n) is 5.55. The first-order chi connectivity index (χ1) is 7.13. The lowest BCUT2D eigenvalue weighted by Gasteiger charge is -2.36. The van der Waals surface area contributed by atoms with Crippen molar-refractivity contribution in [1.29, 1.82) is 0 Å². The number of benzene rings is 1. The number of hydrogen-bond donors (Lipinski definition) is 1. The standard InChI is InChI=1S/C12H20ClNOSi/c1-12(2,3)16(4,5)15-9-6-7-10(13)11(14)8-9/h6-8H,14H2,1-5H3. The molecule has 2 N–H and O–H groups in total. The molecule has 0 heterocycles. The first-order valence-electron chi connectivity index (χ1n) is 5.37. The Bertz CT molecular complexity index is 385. The third-order valence-corrected chi connectivity index (χ3v) is 7.85. The minimum absolute atomic E-state index is 0.182. The summed E-state index contributed by atoms with van der Waals surface area (Å²) in [5.74, 6) is 0.813. The maximum Gasteiger partial charge on any atom is 0.250 e. The molecule has 1 aromatic carbocycles. The number of nitrogen functional groups attached to an aromatic ring is 1. The number of halogens is 1. The van der Waals surface area contributed by atoms with E-state index in [9.17, 15) is 0 Å². The molecule has 0 aromatic heterocycles. The Morgan fingerprint density at radius 2 is 1.81 bits per heavy atom. The van der Waals surface area contributed by atoms with Gasteiger partial charge in [0, 0.05) is 6.07 Å². The monoisotopic (exact) mass is 257 g/mol. The van der Waals surface area contributed by atoms with E-state index in [4.69, 9.17) is 21.8 Å². The summed E-state index contributed by atoms with van der Waals surface area (Å²) < 4.78 is 6.10. The van der Waals surface area contributed by atoms with E-state index >= 15 is 0 Å². The van der Waals surface area contributed by atoms with Crippen LogP contribution in [0.1, 0.15) is 20.8 Å². The van der Waals surface area contributed by atoms with Crippen molar-refractivity contribution in [2.75, 3.05) is 5.73 Å². The number of hydrogen-bond acceptors (Lipinski definition) is 2. The van der Waals surface area contributed by atoms with Crippen molar-refractivity contribution in [1.82, 2.24) is 0 Å². The summed E-state index contributed by atoms with van der Waals surface area (Å²) in [6.07, 6.45) is 0. The fourth-order valence-corrected chi connectivity index (χ4v) is 2.17. The van der Waals surface area contributed by atoms with Crippen LogP contribution in [-0.4, -0.2) is 8.32 Å². The highest BCUT2D eigenvalue weighted by molar-refractivity contribution is 6.74. The van der Waals surface area contributed by atoms with Crippen LogP contribution in [0.5, 0.6) is 5.75 Å². The summed E-state index contributed by atoms with van der Waals surface area (Å²) in [7, 11) is -1.78. The van der Waals surface area contributed by atoms with E-state index in [-0.39, 0.29) is 5.04 Å². The molecule has 4 heteroatoms. The molecule has 0 aliphatic rings. The number of anilines is 1. The average Bonchev–Trinajstić information content (AvgIpc) is 2.09. The van der Waals surface area contributed by atoms with Gasteiger partial charge in [0.05, 0.1) is 10.7 Å². The molecule has 0 fully saturated rings. The van der Waals surface area contributed by atoms with Gasteiger partial charge in [0.15, 0.2) is 0 Å². The Morgan fingerprint density at radius 3 is 2.25 bits per heavy atom. The van der Waals surface area contributed by atoms with Crippen LogP contribution in [0.25, 0.3) is 0 Å². The summed E-state index contributed by atoms with van der Waals surface area (Å²) in [5, 5.41) is 0.754. The first-order valence-corrected chi connectivity index (χ1v) is 8.66. The van der Waals surface area contributed by atoms with Gasteiger partial charge < -0.3 is 10.2 Å². The van der Waals surface area contributed by atoms with Crippen molar-refractivity contribution >= 4 is 25.6 Å². The van der Waals surface area contributed by atoms with E-state index in [0.29, 0.717) is 10.7 Å². The smallest absolute Gasteiger partial charge is 0.250 e. The van der Waals surface area contributed by atoms with E-state index in [1.54, 1.807) is 12.1 Å². The highest BCUT2D eigenvalue weighted by Gasteiger charge is 2.38. The van der Waals surface area contributed by atoms with Crippen LogP contribution in [0.15, 0.2) is 18.2 Å². The van der Waals surface area contributed by atoms with Gasteiger partial charge in [0.25, 0.3) is 0 Å². The normalized spacial score (nSPS) is 12.6. The molecule has 1 rings (SSSR count). The van der Waals surface area contributed by atoms with Crippen molar-refractivity contribution in [3.8, 4) is 5.75 Å². The topological polar surface area (TPSA) is 35.2 Å². The van der Waals surface area contributed by atoms with Gasteiger partial charge in [-0.15, -0.1) is 0 Å². The van der Waals surface area contributed by atoms with E-state index in [2.05, 4.69) is 33.9 Å². The molecule has 0 saturated carbocycles. The fourth-order valence-electron chi connectivity index (χ4n) is 1.03. The van der Waals surface area contributed by atoms with E-state index in [1.807, 2.05) is 6.07 Å². The van der Waals surface area contributed by atoms with Crippen molar-refractivity contribution in [3.05, 3.63) is 23.2 Å². The Balaban J connectivity index is 2.93. The maximum atomic E-state index is 6.10. The molecule has 0 spiro atoms. The molecule has 0 aliphatic carbocycles. The first kappa shape index (κ1) is 13.4. The van der Waals surface area contributed by atoms with Gasteiger partial charge in [-0.2, -0.15) is 0 Å². The summed E-state index contributed by atoms with van der Waals surface area (Å²) in [6, 6.07) is 5.45. The van der Waals surface area contributed by atoms with Crippen LogP contribution in [0.4, 0.5) is 5.69 Å². The van der Waals surface area contributed by atoms with Gasteiger partial charge in [0.2, 0.25) is 8.32 Å². The van der Waals surface area contributed by atoms with Crippen molar-refractivity contribution in [2.24, 2.45) is 0 Å². The Kier molecular flexibility index (Phi) is 3.60. The minimum Gasteiger partial charge on any atom is -0.543 e. The van der Waals surface area contributed by atoms with E-state index in [0.717, 1.165) is 5.75 Å². The second kappa shape index (κ2) is 4.30. The largest absolute Gasteiger partial charge is 0.543 e. The zero-order valence-electron chi connectivity index (χ0n) is 10.6. The van der Waals surface area contributed by atoms with E-state index < -0.39 is 8.32 Å². The molecule has 2 nitrogen and oxygen atoms in total. The highest BCUT2D eigenvalue weighted by Crippen LogP contribution is 2.38. The van der Waals surface area contributed by atoms with Gasteiger partial charge in [-0.3, -0.25) is 0 Å². The van der Waals surface area contributed by atoms with Gasteiger partial charge in [-0.05, 0) is 30.3 Å². The third-order valence-electron chi connectivity index (χ3n) is 3.15. The Hall–Kier alpha value is -0.673. The summed E-state index contributed by atoms with van der Waals surface area (Å²) in [4.78, 5) is 0. The van der Waals surface area contributed by atoms with Crippen molar-refractivity contribution in [2.45, 2.75) is 38.9 Å². The maximum absolute atomic E-state index is 6.10. The molecule has 16 heavy (non-hydrogen) atoms. The summed E-state index contributed by atoms with van der Waals surface area (Å²) in [5.41, 5.74) is 6.32. The number of nitrogens with two attached hydrogens (primary N) is 1. The molecule has 0 radical (unpaired) electrons. The zero-order valence-corrected chi connectivity index (χ0v) is 12.4. The molecule has 0 aliphatic heterocycles. The van der Waals surface area contributed by atoms with Crippen molar-refractivity contribution in [3.63, 3.8) is 0 Å². The van der Waals surface area contributed by atoms with Crippen LogP contribution in [-0.2, 0) is 0 Å². The van der Waals surface area contributed by atoms with Gasteiger partial charge in [-0.25, -0.2) is 0 Å². The second-order valence-corrected chi connectivity index (χ2v) is 10.7. The predicted molar refractivity (Wildman–Crippen MR) is 73.7 cm³/mol. The van der Waals surface area contributed by atoms with Gasteiger partial charge in [-0.1, -0.05) is 32.4 Å². The predicted octanol–water partition coefficient (Wildman–Crippen LogP) is 4.31. The SMILES string of the molecule is CC(C)(C)[Si](C)(C)Oc1ccc(Cl)c(N)c1. The summed E-state index contributed by atoms with van der Waals surface area (Å²) in [6.45, 7) is 11.0. The van der Waals surface area contributed by atoms with Gasteiger partial charge in [0.1, 0.15) is 5.75 Å². The zero-order chi connectivity index (χ0) is 12.6. The molecular weight excluding hydrogens is 238 g/mol. The molecule has 1 aromatic rings. The lowest BCUT2D eigenvalue weighted by atomic mass is 10.2. The summed E-state index contributed by atoms with van der Waals surface area (Å²) >= 11 is 5.87. The third kappa shape index (κ3) is 2.92. The fraction of sp³-hybridized carbons (Fsp3) is 0.500. The Labute approximate surface area is 104 Å². The van der Waals surface area contributed by atoms with Crippen LogP contribution in [0, 0.1) is 0 Å². The lowest BCUT2D eigenvalue weighted by Crippen LogP contribution is -2.43. The van der Waals surface area contributed by atoms with Crippen LogP contribution in [0.2, 0.25) is 23.2 Å². The molecule has 0 unspecified atom stereocenters. The molecule has 0 saturated heterocycles. The molecule has 0 bridgehead atoms. The van der Waals surface area contributed by atoms with Crippen molar-refractivity contribution < 1.29 is 4.43 Å². The Morgan fingerprint density at radius 1 is 1.25 bits per heavy atom. The highest BCUT2D eigenvalue weighted by atomic mass is 35.5. The number of rotatable bonds is 2. The molecular formula is C12H20ClNOSi. The lowest BCUT2D eigenvalue weighted by molar-refractivity contribution is 0.492. The van der Waals surface area contributed by atoms with Crippen LogP contribution >= 0.6 is 11.6 Å². The quantitative estimate of drug-likeness (QED) is 0.633. The molecule has 0 atom stereocenters. The van der Waals surface area contributed by atoms with Crippen LogP contribution < -0.4 is 10.2 Å². The minimum atomic E-state index is -1.78.